The molecule has 0 bridgehead atoms. The van der Waals surface area contributed by atoms with Gasteiger partial charge in [-0.15, -0.1) is 6.58 Å². The average molecular weight is 363 g/mol. The smallest absolute Gasteiger partial charge is 0.247 e. The fourth-order valence-electron chi connectivity index (χ4n) is 3.87. The molecule has 1 atom stereocenters. The first-order chi connectivity index (χ1) is 13.2. The van der Waals surface area contributed by atoms with Crippen molar-refractivity contribution in [1.82, 2.24) is 5.32 Å². The lowest BCUT2D eigenvalue weighted by Gasteiger charge is -2.34. The van der Waals surface area contributed by atoms with E-state index < -0.39 is 0 Å². The van der Waals surface area contributed by atoms with Gasteiger partial charge in [0.25, 0.3) is 0 Å². The standard InChI is InChI=1S/C24H30N2O/c1-3-18-26(22-12-8-5-9-13-22)23(20-16-14-19(2)15-17-20)24(27)25-21-10-6-4-7-11-21/h3,5,8-9,12-17,21,23H,1,4,6-7,10-11,18H2,2H3,(H,25,27)/t23-/m0/s1. The van der Waals surface area contributed by atoms with Crippen LogP contribution < -0.4 is 10.2 Å². The molecule has 3 heteroatoms. The minimum absolute atomic E-state index is 0.0801. The quantitative estimate of drug-likeness (QED) is 0.689. The molecule has 0 radical (unpaired) electrons. The summed E-state index contributed by atoms with van der Waals surface area (Å²) in [6.07, 6.45) is 7.71. The van der Waals surface area contributed by atoms with Gasteiger partial charge in [0, 0.05) is 18.3 Å². The fraction of sp³-hybridized carbons (Fsp3) is 0.375. The average Bonchev–Trinajstić information content (AvgIpc) is 2.70. The largest absolute Gasteiger partial charge is 0.352 e. The third-order valence-electron chi connectivity index (χ3n) is 5.32. The van der Waals surface area contributed by atoms with Gasteiger partial charge in [-0.3, -0.25) is 4.79 Å². The summed E-state index contributed by atoms with van der Waals surface area (Å²) in [4.78, 5) is 15.5. The van der Waals surface area contributed by atoms with Gasteiger partial charge in [0.1, 0.15) is 6.04 Å². The predicted molar refractivity (Wildman–Crippen MR) is 113 cm³/mol. The zero-order valence-electron chi connectivity index (χ0n) is 16.2. The second kappa shape index (κ2) is 9.40. The molecule has 1 saturated carbocycles. The summed E-state index contributed by atoms with van der Waals surface area (Å²) in [5.41, 5.74) is 3.24. The Morgan fingerprint density at radius 2 is 1.78 bits per heavy atom. The molecule has 0 aromatic heterocycles. The Bertz CT molecular complexity index is 733. The van der Waals surface area contributed by atoms with Crippen LogP contribution in [-0.4, -0.2) is 18.5 Å². The Hall–Kier alpha value is -2.55. The molecule has 0 unspecified atom stereocenters. The molecular formula is C24H30N2O. The summed E-state index contributed by atoms with van der Waals surface area (Å²) in [6, 6.07) is 18.3. The second-order valence-corrected chi connectivity index (χ2v) is 7.43. The zero-order chi connectivity index (χ0) is 19.1. The molecule has 142 valence electrons. The van der Waals surface area contributed by atoms with E-state index in [2.05, 4.69) is 60.1 Å². The van der Waals surface area contributed by atoms with Gasteiger partial charge in [-0.05, 0) is 37.5 Å². The molecule has 3 rings (SSSR count). The third-order valence-corrected chi connectivity index (χ3v) is 5.32. The first kappa shape index (κ1) is 19.2. The molecular weight excluding hydrogens is 332 g/mol. The van der Waals surface area contributed by atoms with E-state index in [1.54, 1.807) is 0 Å². The molecule has 1 N–H and O–H groups in total. The summed E-state index contributed by atoms with van der Waals surface area (Å²) in [7, 11) is 0. The summed E-state index contributed by atoms with van der Waals surface area (Å²) in [5.74, 6) is 0.0801. The molecule has 1 aliphatic rings. The Labute approximate surface area is 163 Å². The van der Waals surface area contributed by atoms with Gasteiger partial charge in [-0.25, -0.2) is 0 Å². The minimum atomic E-state index is -0.368. The van der Waals surface area contributed by atoms with Gasteiger partial charge in [-0.1, -0.05) is 73.4 Å². The lowest BCUT2D eigenvalue weighted by Crippen LogP contribution is -2.45. The lowest BCUT2D eigenvalue weighted by molar-refractivity contribution is -0.123. The molecule has 0 saturated heterocycles. The molecule has 1 fully saturated rings. The minimum Gasteiger partial charge on any atom is -0.352 e. The summed E-state index contributed by atoms with van der Waals surface area (Å²) < 4.78 is 0. The second-order valence-electron chi connectivity index (χ2n) is 7.43. The number of anilines is 1. The highest BCUT2D eigenvalue weighted by Crippen LogP contribution is 2.29. The fourth-order valence-corrected chi connectivity index (χ4v) is 3.87. The van der Waals surface area contributed by atoms with Crippen molar-refractivity contribution in [3.05, 3.63) is 78.4 Å². The van der Waals surface area contributed by atoms with Gasteiger partial charge in [0.05, 0.1) is 0 Å². The number of nitrogens with one attached hydrogen (secondary N) is 1. The number of carbonyl (C=O) groups is 1. The van der Waals surface area contributed by atoms with E-state index in [0.717, 1.165) is 24.1 Å². The zero-order valence-corrected chi connectivity index (χ0v) is 16.2. The Morgan fingerprint density at radius 3 is 2.41 bits per heavy atom. The Balaban J connectivity index is 1.93. The van der Waals surface area contributed by atoms with E-state index >= 15 is 0 Å². The molecule has 1 aliphatic carbocycles. The Kier molecular flexibility index (Phi) is 6.69. The predicted octanol–water partition coefficient (Wildman–Crippen LogP) is 5.18. The van der Waals surface area contributed by atoms with Gasteiger partial charge >= 0.3 is 0 Å². The van der Waals surface area contributed by atoms with E-state index in [0.29, 0.717) is 12.6 Å². The van der Waals surface area contributed by atoms with Crippen molar-refractivity contribution in [1.29, 1.82) is 0 Å². The maximum atomic E-state index is 13.4. The SMILES string of the molecule is C=CCN(c1ccccc1)[C@H](C(=O)NC1CCCCC1)c1ccc(C)cc1. The number of nitrogens with zero attached hydrogens (tertiary/aromatic N) is 1. The molecule has 3 nitrogen and oxygen atoms in total. The highest BCUT2D eigenvalue weighted by Gasteiger charge is 2.29. The van der Waals surface area contributed by atoms with Crippen molar-refractivity contribution >= 4 is 11.6 Å². The Morgan fingerprint density at radius 1 is 1.11 bits per heavy atom. The van der Waals surface area contributed by atoms with Gasteiger partial charge in [0.2, 0.25) is 5.91 Å². The highest BCUT2D eigenvalue weighted by molar-refractivity contribution is 5.87. The topological polar surface area (TPSA) is 32.3 Å². The molecule has 1 amide bonds. The monoisotopic (exact) mass is 362 g/mol. The van der Waals surface area contributed by atoms with Crippen molar-refractivity contribution in [2.45, 2.75) is 51.1 Å². The van der Waals surface area contributed by atoms with Crippen LogP contribution >= 0.6 is 0 Å². The van der Waals surface area contributed by atoms with E-state index in [1.807, 2.05) is 24.3 Å². The third kappa shape index (κ3) is 5.00. The van der Waals surface area contributed by atoms with Crippen LogP contribution in [0.25, 0.3) is 0 Å². The highest BCUT2D eigenvalue weighted by atomic mass is 16.2. The number of aryl methyl sites for hydroxylation is 1. The van der Waals surface area contributed by atoms with Crippen LogP contribution in [0.5, 0.6) is 0 Å². The van der Waals surface area contributed by atoms with Crippen LogP contribution in [0, 0.1) is 6.92 Å². The van der Waals surface area contributed by atoms with Crippen LogP contribution in [0.4, 0.5) is 5.69 Å². The van der Waals surface area contributed by atoms with E-state index in [9.17, 15) is 4.79 Å². The number of hydrogen-bond acceptors (Lipinski definition) is 2. The first-order valence-corrected chi connectivity index (χ1v) is 9.98. The normalized spacial score (nSPS) is 15.7. The van der Waals surface area contributed by atoms with Gasteiger partial charge < -0.3 is 10.2 Å². The molecule has 0 aliphatic heterocycles. The van der Waals surface area contributed by atoms with Crippen LogP contribution in [0.1, 0.15) is 49.3 Å². The number of rotatable bonds is 7. The summed E-state index contributed by atoms with van der Waals surface area (Å²) in [6.45, 7) is 6.60. The van der Waals surface area contributed by atoms with E-state index in [1.165, 1.54) is 24.8 Å². The number of benzene rings is 2. The van der Waals surface area contributed by atoms with E-state index in [4.69, 9.17) is 0 Å². The maximum absolute atomic E-state index is 13.4. The molecule has 0 spiro atoms. The lowest BCUT2D eigenvalue weighted by atomic mass is 9.94. The van der Waals surface area contributed by atoms with Gasteiger partial charge in [-0.2, -0.15) is 0 Å². The van der Waals surface area contributed by atoms with Crippen molar-refractivity contribution < 1.29 is 4.79 Å². The van der Waals surface area contributed by atoms with Crippen LogP contribution in [0.3, 0.4) is 0 Å². The van der Waals surface area contributed by atoms with Gasteiger partial charge in [0.15, 0.2) is 0 Å². The van der Waals surface area contributed by atoms with Crippen molar-refractivity contribution in [3.63, 3.8) is 0 Å². The maximum Gasteiger partial charge on any atom is 0.247 e. The number of carbonyl (C=O) groups excluding carboxylic acids is 1. The van der Waals surface area contributed by atoms with Crippen molar-refractivity contribution in [2.75, 3.05) is 11.4 Å². The summed E-state index contributed by atoms with van der Waals surface area (Å²) >= 11 is 0. The number of para-hydroxylation sites is 1. The molecule has 27 heavy (non-hydrogen) atoms. The van der Waals surface area contributed by atoms with Crippen molar-refractivity contribution in [2.24, 2.45) is 0 Å². The molecule has 2 aromatic rings. The first-order valence-electron chi connectivity index (χ1n) is 9.98. The van der Waals surface area contributed by atoms with Crippen molar-refractivity contribution in [3.8, 4) is 0 Å². The summed E-state index contributed by atoms with van der Waals surface area (Å²) in [5, 5.41) is 3.33. The molecule has 0 heterocycles. The van der Waals surface area contributed by atoms with Crippen LogP contribution in [-0.2, 0) is 4.79 Å². The van der Waals surface area contributed by atoms with Crippen LogP contribution in [0.2, 0.25) is 0 Å². The number of hydrogen-bond donors (Lipinski definition) is 1. The molecule has 2 aromatic carbocycles. The van der Waals surface area contributed by atoms with E-state index in [-0.39, 0.29) is 11.9 Å². The van der Waals surface area contributed by atoms with Crippen LogP contribution in [0.15, 0.2) is 67.3 Å². The number of amides is 1.